The van der Waals surface area contributed by atoms with Crippen molar-refractivity contribution in [2.45, 2.75) is 20.4 Å². The highest BCUT2D eigenvalue weighted by atomic mass is 16.5. The molecule has 0 atom stereocenters. The summed E-state index contributed by atoms with van der Waals surface area (Å²) in [6.07, 6.45) is 0. The molecule has 108 valence electrons. The number of hydrogen-bond donors (Lipinski definition) is 1. The van der Waals surface area contributed by atoms with Crippen LogP contribution in [0.2, 0.25) is 0 Å². The second kappa shape index (κ2) is 7.51. The van der Waals surface area contributed by atoms with Crippen LogP contribution in [0.5, 0.6) is 5.75 Å². The number of nitrogens with zero attached hydrogens (tertiary/aromatic N) is 2. The Bertz CT molecular complexity index is 506. The van der Waals surface area contributed by atoms with Gasteiger partial charge in [-0.2, -0.15) is 5.26 Å². The van der Waals surface area contributed by atoms with E-state index in [0.717, 1.165) is 12.1 Å². The normalized spacial score (nSPS) is 10.6. The van der Waals surface area contributed by atoms with Gasteiger partial charge in [-0.3, -0.25) is 9.69 Å². The molecule has 2 N–H and O–H groups in total. The third kappa shape index (κ3) is 4.90. The van der Waals surface area contributed by atoms with Gasteiger partial charge in [-0.15, -0.1) is 0 Å². The predicted octanol–water partition coefficient (Wildman–Crippen LogP) is 1.51. The lowest BCUT2D eigenvalue weighted by Gasteiger charge is -2.23. The van der Waals surface area contributed by atoms with Gasteiger partial charge in [-0.25, -0.2) is 0 Å². The summed E-state index contributed by atoms with van der Waals surface area (Å²) in [6.45, 7) is 5.63. The lowest BCUT2D eigenvalue weighted by Crippen LogP contribution is -2.35. The minimum absolute atomic E-state index is 0.193. The number of ether oxygens (including phenoxy) is 1. The van der Waals surface area contributed by atoms with Crippen LogP contribution in [-0.4, -0.2) is 31.0 Å². The predicted molar refractivity (Wildman–Crippen MR) is 77.0 cm³/mol. The highest BCUT2D eigenvalue weighted by Gasteiger charge is 2.14. The molecule has 0 radical (unpaired) electrons. The summed E-state index contributed by atoms with van der Waals surface area (Å²) in [5.74, 6) is 0.766. The summed E-state index contributed by atoms with van der Waals surface area (Å²) >= 11 is 0. The first-order valence-corrected chi connectivity index (χ1v) is 6.54. The van der Waals surface area contributed by atoms with E-state index in [-0.39, 0.29) is 12.5 Å². The number of nitriles is 1. The molecule has 0 aromatic heterocycles. The maximum Gasteiger partial charge on any atom is 0.231 e. The van der Waals surface area contributed by atoms with E-state index in [1.807, 2.05) is 4.90 Å². The lowest BCUT2D eigenvalue weighted by atomic mass is 10.1. The highest BCUT2D eigenvalue weighted by Crippen LogP contribution is 2.21. The third-order valence-electron chi connectivity index (χ3n) is 2.81. The van der Waals surface area contributed by atoms with E-state index in [2.05, 4.69) is 19.9 Å². The molecule has 5 heteroatoms. The van der Waals surface area contributed by atoms with Crippen LogP contribution >= 0.6 is 0 Å². The molecule has 0 saturated heterocycles. The van der Waals surface area contributed by atoms with Crippen LogP contribution in [0.25, 0.3) is 0 Å². The fourth-order valence-corrected chi connectivity index (χ4v) is 2.13. The second-order valence-electron chi connectivity index (χ2n) is 5.17. The first-order valence-electron chi connectivity index (χ1n) is 6.54. The molecule has 0 bridgehead atoms. The van der Waals surface area contributed by atoms with Gasteiger partial charge in [-0.1, -0.05) is 13.8 Å². The summed E-state index contributed by atoms with van der Waals surface area (Å²) in [4.78, 5) is 13.1. The zero-order valence-corrected chi connectivity index (χ0v) is 12.2. The number of nitrogens with two attached hydrogens (primary N) is 1. The van der Waals surface area contributed by atoms with E-state index in [9.17, 15) is 4.79 Å². The second-order valence-corrected chi connectivity index (χ2v) is 5.17. The molecular formula is C15H21N3O2. The fraction of sp³-hybridized carbons (Fsp3) is 0.467. The molecular weight excluding hydrogens is 254 g/mol. The topological polar surface area (TPSA) is 79.3 Å². The fourth-order valence-electron chi connectivity index (χ4n) is 2.13. The first kappa shape index (κ1) is 16.0. The average molecular weight is 275 g/mol. The van der Waals surface area contributed by atoms with Gasteiger partial charge in [0.15, 0.2) is 0 Å². The van der Waals surface area contributed by atoms with Crippen molar-refractivity contribution in [1.82, 2.24) is 4.90 Å². The van der Waals surface area contributed by atoms with E-state index in [1.165, 1.54) is 0 Å². The summed E-state index contributed by atoms with van der Waals surface area (Å²) in [6, 6.07) is 7.37. The molecule has 0 unspecified atom stereocenters. The smallest absolute Gasteiger partial charge is 0.231 e. The molecule has 0 aliphatic rings. The molecule has 0 aliphatic carbocycles. The van der Waals surface area contributed by atoms with Gasteiger partial charge in [0.2, 0.25) is 5.91 Å². The monoisotopic (exact) mass is 275 g/mol. The molecule has 1 aromatic carbocycles. The standard InChI is InChI=1S/C15H21N3O2/c1-11(2)8-18(10-15(17)19)9-13-6-12(7-16)4-5-14(13)20-3/h4-6,11H,8-10H2,1-3H3,(H2,17,19). The van der Waals surface area contributed by atoms with Crippen molar-refractivity contribution in [3.63, 3.8) is 0 Å². The largest absolute Gasteiger partial charge is 0.496 e. The van der Waals surface area contributed by atoms with E-state index in [0.29, 0.717) is 23.8 Å². The van der Waals surface area contributed by atoms with Crippen molar-refractivity contribution in [1.29, 1.82) is 5.26 Å². The van der Waals surface area contributed by atoms with Gasteiger partial charge in [-0.05, 0) is 24.1 Å². The summed E-state index contributed by atoms with van der Waals surface area (Å²) < 4.78 is 5.30. The van der Waals surface area contributed by atoms with E-state index in [4.69, 9.17) is 15.7 Å². The Morgan fingerprint density at radius 2 is 2.20 bits per heavy atom. The van der Waals surface area contributed by atoms with Gasteiger partial charge in [0.1, 0.15) is 5.75 Å². The summed E-state index contributed by atoms with van der Waals surface area (Å²) in [5.41, 5.74) is 6.74. The van der Waals surface area contributed by atoms with Gasteiger partial charge < -0.3 is 10.5 Å². The minimum atomic E-state index is -0.360. The average Bonchev–Trinajstić information content (AvgIpc) is 2.37. The van der Waals surface area contributed by atoms with Crippen molar-refractivity contribution in [3.05, 3.63) is 29.3 Å². The molecule has 0 spiro atoms. The number of benzene rings is 1. The lowest BCUT2D eigenvalue weighted by molar-refractivity contribution is -0.119. The van der Waals surface area contributed by atoms with Crippen molar-refractivity contribution in [3.8, 4) is 11.8 Å². The summed E-state index contributed by atoms with van der Waals surface area (Å²) in [7, 11) is 1.59. The van der Waals surface area contributed by atoms with E-state index < -0.39 is 0 Å². The minimum Gasteiger partial charge on any atom is -0.496 e. The summed E-state index contributed by atoms with van der Waals surface area (Å²) in [5, 5.41) is 8.97. The van der Waals surface area contributed by atoms with Crippen LogP contribution in [0.3, 0.4) is 0 Å². The number of amides is 1. The molecule has 1 aromatic rings. The molecule has 1 amide bonds. The van der Waals surface area contributed by atoms with Crippen molar-refractivity contribution in [2.24, 2.45) is 11.7 Å². The number of hydrogen-bond acceptors (Lipinski definition) is 4. The Morgan fingerprint density at radius 3 is 2.70 bits per heavy atom. The van der Waals surface area contributed by atoms with Gasteiger partial charge in [0.25, 0.3) is 0 Å². The molecule has 0 aliphatic heterocycles. The Hall–Kier alpha value is -2.06. The van der Waals surface area contributed by atoms with Crippen LogP contribution in [0, 0.1) is 17.2 Å². The Labute approximate surface area is 119 Å². The zero-order valence-electron chi connectivity index (χ0n) is 12.2. The number of primary amides is 1. The third-order valence-corrected chi connectivity index (χ3v) is 2.81. The van der Waals surface area contributed by atoms with Crippen molar-refractivity contribution < 1.29 is 9.53 Å². The van der Waals surface area contributed by atoms with Crippen LogP contribution < -0.4 is 10.5 Å². The number of carbonyl (C=O) groups excluding carboxylic acids is 1. The molecule has 5 nitrogen and oxygen atoms in total. The SMILES string of the molecule is COc1ccc(C#N)cc1CN(CC(N)=O)CC(C)C. The van der Waals surface area contributed by atoms with Crippen LogP contribution in [0.4, 0.5) is 0 Å². The Kier molecular flexibility index (Phi) is 6.01. The highest BCUT2D eigenvalue weighted by molar-refractivity contribution is 5.75. The molecule has 0 saturated carbocycles. The van der Waals surface area contributed by atoms with Gasteiger partial charge >= 0.3 is 0 Å². The molecule has 20 heavy (non-hydrogen) atoms. The van der Waals surface area contributed by atoms with Crippen molar-refractivity contribution in [2.75, 3.05) is 20.2 Å². The Balaban J connectivity index is 2.96. The quantitative estimate of drug-likeness (QED) is 0.818. The zero-order chi connectivity index (χ0) is 15.1. The molecule has 1 rings (SSSR count). The van der Waals surface area contributed by atoms with Crippen LogP contribution in [0.15, 0.2) is 18.2 Å². The molecule has 0 fully saturated rings. The van der Waals surface area contributed by atoms with E-state index >= 15 is 0 Å². The van der Waals surface area contributed by atoms with Gasteiger partial charge in [0.05, 0.1) is 25.3 Å². The number of carbonyl (C=O) groups is 1. The first-order chi connectivity index (χ1) is 9.46. The van der Waals surface area contributed by atoms with Crippen LogP contribution in [0.1, 0.15) is 25.0 Å². The number of rotatable bonds is 7. The van der Waals surface area contributed by atoms with Crippen LogP contribution in [-0.2, 0) is 11.3 Å². The Morgan fingerprint density at radius 1 is 1.50 bits per heavy atom. The maximum atomic E-state index is 11.2. The maximum absolute atomic E-state index is 11.2. The molecule has 0 heterocycles. The van der Waals surface area contributed by atoms with E-state index in [1.54, 1.807) is 25.3 Å². The van der Waals surface area contributed by atoms with Crippen molar-refractivity contribution >= 4 is 5.91 Å². The number of methoxy groups -OCH3 is 1. The van der Waals surface area contributed by atoms with Gasteiger partial charge in [0, 0.05) is 18.7 Å².